The van der Waals surface area contributed by atoms with Crippen LogP contribution in [-0.4, -0.2) is 24.5 Å². The Bertz CT molecular complexity index is 1000. The molecule has 0 radical (unpaired) electrons. The van der Waals surface area contributed by atoms with Crippen molar-refractivity contribution in [3.8, 4) is 5.75 Å². The van der Waals surface area contributed by atoms with E-state index in [9.17, 15) is 9.59 Å². The first kappa shape index (κ1) is 19.2. The van der Waals surface area contributed by atoms with Gasteiger partial charge in [-0.25, -0.2) is 0 Å². The predicted octanol–water partition coefficient (Wildman–Crippen LogP) is 4.29. The Morgan fingerprint density at radius 1 is 1.14 bits per heavy atom. The zero-order valence-corrected chi connectivity index (χ0v) is 16.9. The van der Waals surface area contributed by atoms with E-state index in [4.69, 9.17) is 4.74 Å². The fraction of sp³-hybridized carbons (Fsp3) is 0.217. The first-order chi connectivity index (χ1) is 14.1. The lowest BCUT2D eigenvalue weighted by molar-refractivity contribution is -0.125. The van der Waals surface area contributed by atoms with Crippen LogP contribution in [0.25, 0.3) is 0 Å². The lowest BCUT2D eigenvalue weighted by Gasteiger charge is -2.33. The minimum absolute atomic E-state index is 0.0529. The molecule has 3 aromatic rings. The van der Waals surface area contributed by atoms with E-state index in [1.54, 1.807) is 29.2 Å². The molecule has 2 heterocycles. The molecule has 1 aliphatic rings. The maximum Gasteiger partial charge on any atom is 0.267 e. The number of rotatable bonds is 6. The molecule has 2 aromatic carbocycles. The van der Waals surface area contributed by atoms with Crippen LogP contribution in [0.1, 0.15) is 17.4 Å². The topological polar surface area (TPSA) is 58.6 Å². The summed E-state index contributed by atoms with van der Waals surface area (Å²) in [6, 6.07) is 19.4. The zero-order valence-electron chi connectivity index (χ0n) is 16.1. The molecule has 0 aliphatic carbocycles. The molecule has 2 amide bonds. The summed E-state index contributed by atoms with van der Waals surface area (Å²) in [5.41, 5.74) is 2.58. The van der Waals surface area contributed by atoms with Crippen LogP contribution in [0.3, 0.4) is 0 Å². The Balaban J connectivity index is 1.49. The maximum atomic E-state index is 12.7. The summed E-state index contributed by atoms with van der Waals surface area (Å²) in [4.78, 5) is 27.7. The molecule has 0 fully saturated rings. The molecule has 4 rings (SSSR count). The van der Waals surface area contributed by atoms with E-state index in [0.717, 1.165) is 17.0 Å². The standard InChI is InChI=1S/C23H22N2O3S/c1-16-23(27)25(12-11-17-6-3-2-4-7-17)20-10-9-18(14-21(20)28-16)24-22(26)15-19-8-5-13-29-19/h2-10,13-14,16H,11-12,15H2,1H3,(H,24,26). The molecule has 1 N–H and O–H groups in total. The van der Waals surface area contributed by atoms with Crippen molar-refractivity contribution in [2.45, 2.75) is 25.9 Å². The molecular formula is C23H22N2O3S. The molecule has 0 bridgehead atoms. The summed E-state index contributed by atoms with van der Waals surface area (Å²) in [6.45, 7) is 2.33. The van der Waals surface area contributed by atoms with E-state index >= 15 is 0 Å². The summed E-state index contributed by atoms with van der Waals surface area (Å²) in [5.74, 6) is 0.482. The Hall–Kier alpha value is -3.12. The van der Waals surface area contributed by atoms with Crippen LogP contribution in [-0.2, 0) is 22.4 Å². The van der Waals surface area contributed by atoms with Gasteiger partial charge in [0.05, 0.1) is 12.1 Å². The molecule has 1 unspecified atom stereocenters. The number of hydrogen-bond acceptors (Lipinski definition) is 4. The van der Waals surface area contributed by atoms with Crippen LogP contribution in [0.4, 0.5) is 11.4 Å². The Kier molecular flexibility index (Phi) is 5.62. The van der Waals surface area contributed by atoms with Gasteiger partial charge in [0.2, 0.25) is 5.91 Å². The van der Waals surface area contributed by atoms with Crippen molar-refractivity contribution in [2.75, 3.05) is 16.8 Å². The average molecular weight is 407 g/mol. The first-order valence-electron chi connectivity index (χ1n) is 9.58. The van der Waals surface area contributed by atoms with E-state index in [2.05, 4.69) is 17.4 Å². The Labute approximate surface area is 173 Å². The average Bonchev–Trinajstić information content (AvgIpc) is 3.22. The lowest BCUT2D eigenvalue weighted by Crippen LogP contribution is -2.45. The van der Waals surface area contributed by atoms with Crippen molar-refractivity contribution >= 4 is 34.5 Å². The monoisotopic (exact) mass is 406 g/mol. The number of fused-ring (bicyclic) bond motifs is 1. The second-order valence-corrected chi connectivity index (χ2v) is 8.00. The van der Waals surface area contributed by atoms with Gasteiger partial charge in [-0.2, -0.15) is 0 Å². The van der Waals surface area contributed by atoms with Gasteiger partial charge in [-0.15, -0.1) is 11.3 Å². The third kappa shape index (κ3) is 4.49. The number of carbonyl (C=O) groups is 2. The SMILES string of the molecule is CC1Oc2cc(NC(=O)Cc3cccs3)ccc2N(CCc2ccccc2)C1=O. The molecule has 0 saturated heterocycles. The van der Waals surface area contributed by atoms with E-state index in [1.807, 2.05) is 47.8 Å². The van der Waals surface area contributed by atoms with Gasteiger partial charge in [0.25, 0.3) is 5.91 Å². The highest BCUT2D eigenvalue weighted by Gasteiger charge is 2.31. The number of nitrogens with one attached hydrogen (secondary N) is 1. The summed E-state index contributed by atoms with van der Waals surface area (Å²) in [6.07, 6.45) is 0.543. The minimum atomic E-state index is -0.560. The fourth-order valence-corrected chi connectivity index (χ4v) is 4.08. The van der Waals surface area contributed by atoms with Crippen LogP contribution in [0, 0.1) is 0 Å². The van der Waals surface area contributed by atoms with Gasteiger partial charge in [0.15, 0.2) is 6.10 Å². The van der Waals surface area contributed by atoms with Crippen LogP contribution in [0.15, 0.2) is 66.0 Å². The molecule has 1 aromatic heterocycles. The summed E-state index contributed by atoms with van der Waals surface area (Å²) >= 11 is 1.56. The summed E-state index contributed by atoms with van der Waals surface area (Å²) in [7, 11) is 0. The molecule has 6 heteroatoms. The van der Waals surface area contributed by atoms with Crippen molar-refractivity contribution in [1.82, 2.24) is 0 Å². The van der Waals surface area contributed by atoms with Crippen molar-refractivity contribution in [3.05, 3.63) is 76.5 Å². The highest BCUT2D eigenvalue weighted by molar-refractivity contribution is 7.10. The van der Waals surface area contributed by atoms with Crippen molar-refractivity contribution in [1.29, 1.82) is 0 Å². The number of nitrogens with zero attached hydrogens (tertiary/aromatic N) is 1. The van der Waals surface area contributed by atoms with E-state index < -0.39 is 6.10 Å². The summed E-state index contributed by atoms with van der Waals surface area (Å²) < 4.78 is 5.81. The van der Waals surface area contributed by atoms with Crippen LogP contribution < -0.4 is 15.0 Å². The third-order valence-electron chi connectivity index (χ3n) is 4.83. The van der Waals surface area contributed by atoms with Gasteiger partial charge in [-0.1, -0.05) is 36.4 Å². The minimum Gasteiger partial charge on any atom is -0.479 e. The second-order valence-electron chi connectivity index (χ2n) is 6.97. The quantitative estimate of drug-likeness (QED) is 0.665. The van der Waals surface area contributed by atoms with Crippen molar-refractivity contribution in [3.63, 3.8) is 0 Å². The number of carbonyl (C=O) groups excluding carboxylic acids is 2. The van der Waals surface area contributed by atoms with E-state index in [0.29, 0.717) is 24.4 Å². The van der Waals surface area contributed by atoms with Gasteiger partial charge in [0, 0.05) is 23.2 Å². The number of thiophene rings is 1. The van der Waals surface area contributed by atoms with Crippen LogP contribution in [0.5, 0.6) is 5.75 Å². The largest absolute Gasteiger partial charge is 0.479 e. The predicted molar refractivity (Wildman–Crippen MR) is 116 cm³/mol. The molecule has 0 spiro atoms. The van der Waals surface area contributed by atoms with Crippen LogP contribution >= 0.6 is 11.3 Å². The van der Waals surface area contributed by atoms with Crippen molar-refractivity contribution in [2.24, 2.45) is 0 Å². The maximum absolute atomic E-state index is 12.7. The number of anilines is 2. The molecular weight excluding hydrogens is 384 g/mol. The highest BCUT2D eigenvalue weighted by atomic mass is 32.1. The molecule has 5 nitrogen and oxygen atoms in total. The summed E-state index contributed by atoms with van der Waals surface area (Å²) in [5, 5.41) is 4.87. The molecule has 0 saturated carbocycles. The first-order valence-corrected chi connectivity index (χ1v) is 10.5. The number of amides is 2. The third-order valence-corrected chi connectivity index (χ3v) is 5.71. The van der Waals surface area contributed by atoms with E-state index in [-0.39, 0.29) is 11.8 Å². The normalized spacial score (nSPS) is 15.6. The number of benzene rings is 2. The van der Waals surface area contributed by atoms with Gasteiger partial charge >= 0.3 is 0 Å². The molecule has 29 heavy (non-hydrogen) atoms. The molecule has 1 atom stereocenters. The highest BCUT2D eigenvalue weighted by Crippen LogP contribution is 2.36. The lowest BCUT2D eigenvalue weighted by atomic mass is 10.1. The molecule has 1 aliphatic heterocycles. The van der Waals surface area contributed by atoms with Crippen molar-refractivity contribution < 1.29 is 14.3 Å². The van der Waals surface area contributed by atoms with Gasteiger partial charge in [-0.3, -0.25) is 9.59 Å². The number of hydrogen-bond donors (Lipinski definition) is 1. The smallest absolute Gasteiger partial charge is 0.267 e. The Morgan fingerprint density at radius 3 is 2.72 bits per heavy atom. The Morgan fingerprint density at radius 2 is 1.97 bits per heavy atom. The van der Waals surface area contributed by atoms with Crippen LogP contribution in [0.2, 0.25) is 0 Å². The van der Waals surface area contributed by atoms with Gasteiger partial charge < -0.3 is 15.0 Å². The van der Waals surface area contributed by atoms with Gasteiger partial charge in [-0.05, 0) is 42.5 Å². The van der Waals surface area contributed by atoms with E-state index in [1.165, 1.54) is 5.56 Å². The van der Waals surface area contributed by atoms with Gasteiger partial charge in [0.1, 0.15) is 5.75 Å². The second kappa shape index (κ2) is 8.49. The zero-order chi connectivity index (χ0) is 20.2. The fourth-order valence-electron chi connectivity index (χ4n) is 3.38. The number of ether oxygens (including phenoxy) is 1. The molecule has 148 valence electrons.